The molecule has 6 nitrogen and oxygen atoms in total. The summed E-state index contributed by atoms with van der Waals surface area (Å²) in [7, 11) is -3.69. The van der Waals surface area contributed by atoms with Gasteiger partial charge in [-0.15, -0.1) is 0 Å². The molecule has 114 valence electrons. The molecule has 7 heteroatoms. The number of nitrogens with zero attached hydrogens (tertiary/aromatic N) is 1. The van der Waals surface area contributed by atoms with Crippen LogP contribution in [0.1, 0.15) is 30.3 Å². The van der Waals surface area contributed by atoms with Crippen LogP contribution in [0.3, 0.4) is 0 Å². The Hall–Kier alpha value is -1.86. The molecule has 0 saturated carbocycles. The van der Waals surface area contributed by atoms with Gasteiger partial charge in [-0.3, -0.25) is 9.82 Å². The van der Waals surface area contributed by atoms with Gasteiger partial charge in [0.15, 0.2) is 0 Å². The van der Waals surface area contributed by atoms with E-state index in [1.807, 2.05) is 12.1 Å². The fourth-order valence-corrected chi connectivity index (χ4v) is 3.63. The lowest BCUT2D eigenvalue weighted by Gasteiger charge is -2.09. The second-order valence-electron chi connectivity index (χ2n) is 4.88. The molecule has 0 aliphatic rings. The predicted octanol–water partition coefficient (Wildman–Crippen LogP) is 1.93. The molecule has 0 unspecified atom stereocenters. The number of rotatable bonds is 6. The van der Waals surface area contributed by atoms with E-state index in [1.165, 1.54) is 5.56 Å². The first kappa shape index (κ1) is 15.5. The van der Waals surface area contributed by atoms with Crippen molar-refractivity contribution in [3.8, 4) is 0 Å². The van der Waals surface area contributed by atoms with Crippen LogP contribution in [0.25, 0.3) is 0 Å². The van der Waals surface area contributed by atoms with Gasteiger partial charge < -0.3 is 5.73 Å². The molecular formula is C14H20N4O2S. The molecule has 1 aromatic heterocycles. The molecule has 4 N–H and O–H groups in total. The average Bonchev–Trinajstić information content (AvgIpc) is 2.83. The molecule has 0 saturated heterocycles. The molecular weight excluding hydrogens is 288 g/mol. The largest absolute Gasteiger partial charge is 0.325 e. The van der Waals surface area contributed by atoms with Crippen molar-refractivity contribution < 1.29 is 8.42 Å². The van der Waals surface area contributed by atoms with Crippen molar-refractivity contribution in [2.24, 2.45) is 5.73 Å². The molecule has 1 heterocycles. The summed E-state index contributed by atoms with van der Waals surface area (Å²) in [6, 6.07) is 7.38. The van der Waals surface area contributed by atoms with E-state index in [0.29, 0.717) is 17.1 Å². The van der Waals surface area contributed by atoms with Crippen molar-refractivity contribution >= 4 is 15.7 Å². The van der Waals surface area contributed by atoms with Gasteiger partial charge in [-0.2, -0.15) is 5.10 Å². The SMILES string of the molecule is CCCc1ccc(NS(=O)(=O)c2c(CN)n[nH]c2C)cc1. The zero-order valence-electron chi connectivity index (χ0n) is 12.2. The van der Waals surface area contributed by atoms with E-state index in [2.05, 4.69) is 21.8 Å². The topological polar surface area (TPSA) is 101 Å². The molecule has 0 bridgehead atoms. The van der Waals surface area contributed by atoms with Crippen LogP contribution < -0.4 is 10.5 Å². The summed E-state index contributed by atoms with van der Waals surface area (Å²) in [5.41, 5.74) is 8.05. The first-order chi connectivity index (χ1) is 9.97. The summed E-state index contributed by atoms with van der Waals surface area (Å²) < 4.78 is 27.5. The van der Waals surface area contributed by atoms with Crippen LogP contribution in [0, 0.1) is 6.92 Å². The maximum Gasteiger partial charge on any atom is 0.265 e. The first-order valence-corrected chi connectivity index (χ1v) is 8.32. The Balaban J connectivity index is 2.26. The van der Waals surface area contributed by atoms with Gasteiger partial charge in [-0.1, -0.05) is 25.5 Å². The van der Waals surface area contributed by atoms with E-state index in [9.17, 15) is 8.42 Å². The minimum absolute atomic E-state index is 0.0655. The highest BCUT2D eigenvalue weighted by Crippen LogP contribution is 2.21. The molecule has 2 aromatic rings. The number of hydrogen-bond donors (Lipinski definition) is 3. The Kier molecular flexibility index (Phi) is 4.64. The summed E-state index contributed by atoms with van der Waals surface area (Å²) in [4.78, 5) is 0.127. The van der Waals surface area contributed by atoms with Crippen molar-refractivity contribution in [3.05, 3.63) is 41.2 Å². The van der Waals surface area contributed by atoms with Crippen molar-refractivity contribution in [1.82, 2.24) is 10.2 Å². The highest BCUT2D eigenvalue weighted by atomic mass is 32.2. The molecule has 0 fully saturated rings. The second-order valence-corrected chi connectivity index (χ2v) is 6.50. The van der Waals surface area contributed by atoms with Crippen LogP contribution in [0.4, 0.5) is 5.69 Å². The van der Waals surface area contributed by atoms with Crippen molar-refractivity contribution in [3.63, 3.8) is 0 Å². The van der Waals surface area contributed by atoms with Crippen LogP contribution in [-0.2, 0) is 23.0 Å². The highest BCUT2D eigenvalue weighted by molar-refractivity contribution is 7.92. The standard InChI is InChI=1S/C14H20N4O2S/c1-3-4-11-5-7-12(8-6-11)18-21(19,20)14-10(2)16-17-13(14)9-15/h5-8,18H,3-4,9,15H2,1-2H3,(H,16,17). The summed E-state index contributed by atoms with van der Waals surface area (Å²) in [6.07, 6.45) is 2.03. The molecule has 21 heavy (non-hydrogen) atoms. The summed E-state index contributed by atoms with van der Waals surface area (Å²) in [5, 5.41) is 6.57. The number of benzene rings is 1. The number of hydrogen-bond acceptors (Lipinski definition) is 4. The van der Waals surface area contributed by atoms with Gasteiger partial charge in [0.1, 0.15) is 4.90 Å². The van der Waals surface area contributed by atoms with E-state index >= 15 is 0 Å². The van der Waals surface area contributed by atoms with Gasteiger partial charge in [-0.05, 0) is 31.0 Å². The molecule has 1 aromatic carbocycles. The Morgan fingerprint density at radius 1 is 1.29 bits per heavy atom. The van der Waals surface area contributed by atoms with E-state index in [0.717, 1.165) is 12.8 Å². The van der Waals surface area contributed by atoms with Gasteiger partial charge in [0.2, 0.25) is 0 Å². The van der Waals surface area contributed by atoms with Gasteiger partial charge in [0.25, 0.3) is 10.0 Å². The van der Waals surface area contributed by atoms with Gasteiger partial charge in [-0.25, -0.2) is 8.42 Å². The van der Waals surface area contributed by atoms with E-state index in [1.54, 1.807) is 19.1 Å². The number of sulfonamides is 1. The maximum atomic E-state index is 12.4. The van der Waals surface area contributed by atoms with Crippen LogP contribution >= 0.6 is 0 Å². The van der Waals surface area contributed by atoms with E-state index in [4.69, 9.17) is 5.73 Å². The van der Waals surface area contributed by atoms with Crippen molar-refractivity contribution in [1.29, 1.82) is 0 Å². The zero-order valence-corrected chi connectivity index (χ0v) is 13.0. The molecule has 0 spiro atoms. The fourth-order valence-electron chi connectivity index (χ4n) is 2.20. The van der Waals surface area contributed by atoms with E-state index < -0.39 is 10.0 Å². The molecule has 0 amide bonds. The third-order valence-corrected chi connectivity index (χ3v) is 4.75. The minimum atomic E-state index is -3.69. The van der Waals surface area contributed by atoms with Crippen LogP contribution in [0.2, 0.25) is 0 Å². The Labute approximate surface area is 124 Å². The smallest absolute Gasteiger partial charge is 0.265 e. The molecule has 0 atom stereocenters. The minimum Gasteiger partial charge on any atom is -0.325 e. The van der Waals surface area contributed by atoms with Gasteiger partial charge in [0.05, 0.1) is 11.4 Å². The lowest BCUT2D eigenvalue weighted by molar-refractivity contribution is 0.599. The lowest BCUT2D eigenvalue weighted by atomic mass is 10.1. The Morgan fingerprint density at radius 2 is 1.95 bits per heavy atom. The molecule has 0 radical (unpaired) electrons. The number of aromatic nitrogens is 2. The van der Waals surface area contributed by atoms with Crippen molar-refractivity contribution in [2.45, 2.75) is 38.1 Å². The lowest BCUT2D eigenvalue weighted by Crippen LogP contribution is -2.16. The van der Waals surface area contributed by atoms with Crippen molar-refractivity contribution in [2.75, 3.05) is 4.72 Å². The number of nitrogens with one attached hydrogen (secondary N) is 2. The third kappa shape index (κ3) is 3.43. The van der Waals surface area contributed by atoms with Crippen LogP contribution in [0.5, 0.6) is 0 Å². The summed E-state index contributed by atoms with van der Waals surface area (Å²) >= 11 is 0. The Morgan fingerprint density at radius 3 is 2.52 bits per heavy atom. The van der Waals surface area contributed by atoms with E-state index in [-0.39, 0.29) is 11.4 Å². The Bertz CT molecular complexity index is 705. The average molecular weight is 308 g/mol. The number of anilines is 1. The summed E-state index contributed by atoms with van der Waals surface area (Å²) in [6.45, 7) is 3.83. The molecule has 2 rings (SSSR count). The number of nitrogens with two attached hydrogens (primary N) is 1. The second kappa shape index (κ2) is 6.28. The van der Waals surface area contributed by atoms with Gasteiger partial charge in [0, 0.05) is 12.2 Å². The number of H-pyrrole nitrogens is 1. The monoisotopic (exact) mass is 308 g/mol. The zero-order chi connectivity index (χ0) is 15.5. The molecule has 0 aliphatic heterocycles. The third-order valence-electron chi connectivity index (χ3n) is 3.17. The maximum absolute atomic E-state index is 12.4. The number of aromatic amines is 1. The normalized spacial score (nSPS) is 11.6. The number of aryl methyl sites for hydroxylation is 2. The molecule has 0 aliphatic carbocycles. The predicted molar refractivity (Wildman–Crippen MR) is 82.5 cm³/mol. The summed E-state index contributed by atoms with van der Waals surface area (Å²) in [5.74, 6) is 0. The fraction of sp³-hybridized carbons (Fsp3) is 0.357. The first-order valence-electron chi connectivity index (χ1n) is 6.83. The van der Waals surface area contributed by atoms with Crippen LogP contribution in [-0.4, -0.2) is 18.6 Å². The van der Waals surface area contributed by atoms with Crippen LogP contribution in [0.15, 0.2) is 29.2 Å². The quantitative estimate of drug-likeness (QED) is 0.759. The van der Waals surface area contributed by atoms with Gasteiger partial charge >= 0.3 is 0 Å². The highest BCUT2D eigenvalue weighted by Gasteiger charge is 2.23.